The van der Waals surface area contributed by atoms with Gasteiger partial charge in [-0.05, 0) is 53.6 Å². The van der Waals surface area contributed by atoms with Crippen molar-refractivity contribution in [1.82, 2.24) is 0 Å². The molecule has 0 unspecified atom stereocenters. The minimum atomic E-state index is -4.50. The van der Waals surface area contributed by atoms with Crippen LogP contribution in [0.2, 0.25) is 0 Å². The first-order valence-corrected chi connectivity index (χ1v) is 15.4. The molecule has 0 aliphatic heterocycles. The molecule has 0 amide bonds. The molecule has 0 saturated carbocycles. The number of fused-ring (bicyclic) bond motifs is 1. The number of unbranched alkanes of at least 4 members (excludes halogenated alkanes) is 14. The Morgan fingerprint density at radius 2 is 1.06 bits per heavy atom. The minimum Gasteiger partial charge on any atom is -0.744 e. The Labute approximate surface area is 258 Å². The number of hydrogen-bond acceptors (Lipinski definition) is 3. The standard InChI is InChI=1S/C30H48O3S.K/c1-3-5-7-9-11-13-15-17-21-26-25-30(34(31,32)33)29(28-23-20-19-22-27(26)28)24-18-16-14-12-10-8-6-4-2;/h19-20,22-23,25H,3-18,21,24H2,1-2H3,(H,31,32,33);/q;+1/p-1. The summed E-state index contributed by atoms with van der Waals surface area (Å²) in [5, 5.41) is 2.07. The van der Waals surface area contributed by atoms with Gasteiger partial charge in [-0.15, -0.1) is 0 Å². The fourth-order valence-corrected chi connectivity index (χ4v) is 5.86. The van der Waals surface area contributed by atoms with Crippen LogP contribution in [0.15, 0.2) is 35.2 Å². The van der Waals surface area contributed by atoms with Crippen molar-refractivity contribution in [2.24, 2.45) is 0 Å². The van der Waals surface area contributed by atoms with E-state index in [0.29, 0.717) is 6.42 Å². The van der Waals surface area contributed by atoms with E-state index in [1.54, 1.807) is 6.07 Å². The molecule has 0 bridgehead atoms. The molecule has 0 saturated heterocycles. The number of rotatable bonds is 19. The van der Waals surface area contributed by atoms with Crippen LogP contribution < -0.4 is 51.4 Å². The summed E-state index contributed by atoms with van der Waals surface area (Å²) in [6.45, 7) is 4.47. The molecular weight excluding hydrogens is 479 g/mol. The van der Waals surface area contributed by atoms with Crippen LogP contribution in [-0.4, -0.2) is 13.0 Å². The van der Waals surface area contributed by atoms with Gasteiger partial charge in [0.05, 0.1) is 4.90 Å². The summed E-state index contributed by atoms with van der Waals surface area (Å²) >= 11 is 0. The Morgan fingerprint density at radius 3 is 1.54 bits per heavy atom. The second-order valence-electron chi connectivity index (χ2n) is 9.96. The first-order chi connectivity index (χ1) is 16.5. The third-order valence-electron chi connectivity index (χ3n) is 7.05. The first-order valence-electron chi connectivity index (χ1n) is 14.0. The van der Waals surface area contributed by atoms with E-state index in [9.17, 15) is 13.0 Å². The van der Waals surface area contributed by atoms with E-state index in [2.05, 4.69) is 19.9 Å². The predicted molar refractivity (Wildman–Crippen MR) is 145 cm³/mol. The van der Waals surface area contributed by atoms with Gasteiger partial charge in [-0.1, -0.05) is 128 Å². The number of aryl methyl sites for hydroxylation is 2. The van der Waals surface area contributed by atoms with Gasteiger partial charge in [0.2, 0.25) is 0 Å². The monoisotopic (exact) mass is 526 g/mol. The molecule has 0 aliphatic carbocycles. The van der Waals surface area contributed by atoms with Crippen LogP contribution in [0.5, 0.6) is 0 Å². The second kappa shape index (κ2) is 19.3. The summed E-state index contributed by atoms with van der Waals surface area (Å²) in [6.07, 6.45) is 21.0. The van der Waals surface area contributed by atoms with Crippen LogP contribution >= 0.6 is 0 Å². The Bertz CT molecular complexity index is 940. The Hall–Kier alpha value is 0.246. The topological polar surface area (TPSA) is 57.2 Å². The smallest absolute Gasteiger partial charge is 0.744 e. The fourth-order valence-electron chi connectivity index (χ4n) is 5.05. The maximum Gasteiger partial charge on any atom is 1.00 e. The third kappa shape index (κ3) is 12.6. The molecule has 2 aromatic rings. The quantitative estimate of drug-likeness (QED) is 0.126. The SMILES string of the molecule is CCCCCCCCCCc1cc(S(=O)(=O)[O-])c(CCCCCCCCCC)c2ccccc12.[K+]. The van der Waals surface area contributed by atoms with E-state index in [1.807, 2.05) is 18.2 Å². The average Bonchev–Trinajstić information content (AvgIpc) is 2.82. The predicted octanol–water partition coefficient (Wildman–Crippen LogP) is 6.11. The molecule has 0 spiro atoms. The molecule has 35 heavy (non-hydrogen) atoms. The maximum absolute atomic E-state index is 12.2. The van der Waals surface area contributed by atoms with Gasteiger partial charge in [0.1, 0.15) is 10.1 Å². The molecule has 0 heterocycles. The fraction of sp³-hybridized carbons (Fsp3) is 0.667. The Balaban J connectivity index is 0.00000612. The number of hydrogen-bond donors (Lipinski definition) is 0. The van der Waals surface area contributed by atoms with Gasteiger partial charge in [-0.25, -0.2) is 8.42 Å². The van der Waals surface area contributed by atoms with Gasteiger partial charge in [0.25, 0.3) is 0 Å². The Kier molecular flexibility index (Phi) is 18.4. The second-order valence-corrected chi connectivity index (χ2v) is 11.3. The molecule has 0 aliphatic rings. The van der Waals surface area contributed by atoms with Gasteiger partial charge >= 0.3 is 51.4 Å². The van der Waals surface area contributed by atoms with Crippen molar-refractivity contribution in [2.45, 2.75) is 134 Å². The summed E-state index contributed by atoms with van der Waals surface area (Å²) < 4.78 is 36.7. The van der Waals surface area contributed by atoms with E-state index >= 15 is 0 Å². The third-order valence-corrected chi connectivity index (χ3v) is 7.95. The van der Waals surface area contributed by atoms with Crippen molar-refractivity contribution in [1.29, 1.82) is 0 Å². The zero-order valence-corrected chi connectivity index (χ0v) is 26.7. The van der Waals surface area contributed by atoms with Gasteiger partial charge in [0, 0.05) is 0 Å². The normalized spacial score (nSPS) is 11.6. The van der Waals surface area contributed by atoms with Gasteiger partial charge in [0.15, 0.2) is 0 Å². The van der Waals surface area contributed by atoms with Crippen LogP contribution in [0.4, 0.5) is 0 Å². The van der Waals surface area contributed by atoms with Crippen LogP contribution in [0.1, 0.15) is 128 Å². The van der Waals surface area contributed by atoms with Crippen molar-refractivity contribution in [3.8, 4) is 0 Å². The molecule has 0 radical (unpaired) electrons. The number of benzene rings is 2. The van der Waals surface area contributed by atoms with Gasteiger partial charge in [-0.3, -0.25) is 0 Å². The van der Waals surface area contributed by atoms with E-state index in [0.717, 1.165) is 54.0 Å². The van der Waals surface area contributed by atoms with Crippen molar-refractivity contribution in [3.05, 3.63) is 41.5 Å². The summed E-state index contributed by atoms with van der Waals surface area (Å²) in [7, 11) is -4.50. The summed E-state index contributed by atoms with van der Waals surface area (Å²) in [6, 6.07) is 9.77. The van der Waals surface area contributed by atoms with E-state index in [1.165, 1.54) is 77.0 Å². The molecule has 0 fully saturated rings. The van der Waals surface area contributed by atoms with E-state index in [4.69, 9.17) is 0 Å². The Morgan fingerprint density at radius 1 is 0.629 bits per heavy atom. The average molecular weight is 527 g/mol. The van der Waals surface area contributed by atoms with Crippen LogP contribution in [0, 0.1) is 0 Å². The summed E-state index contributed by atoms with van der Waals surface area (Å²) in [5.74, 6) is 0. The largest absolute Gasteiger partial charge is 1.00 e. The van der Waals surface area contributed by atoms with Crippen molar-refractivity contribution < 1.29 is 64.4 Å². The van der Waals surface area contributed by atoms with Gasteiger partial charge < -0.3 is 4.55 Å². The zero-order chi connectivity index (χ0) is 24.7. The summed E-state index contributed by atoms with van der Waals surface area (Å²) in [5.41, 5.74) is 1.74. The van der Waals surface area contributed by atoms with Crippen molar-refractivity contribution in [3.63, 3.8) is 0 Å². The molecule has 0 N–H and O–H groups in total. The molecule has 2 aromatic carbocycles. The molecule has 0 aromatic heterocycles. The molecule has 5 heteroatoms. The molecule has 3 nitrogen and oxygen atoms in total. The van der Waals surface area contributed by atoms with E-state index < -0.39 is 10.1 Å². The van der Waals surface area contributed by atoms with Crippen LogP contribution in [-0.2, 0) is 23.0 Å². The van der Waals surface area contributed by atoms with E-state index in [-0.39, 0.29) is 56.3 Å². The maximum atomic E-state index is 12.2. The molecule has 0 atom stereocenters. The van der Waals surface area contributed by atoms with Crippen LogP contribution in [0.25, 0.3) is 10.8 Å². The first kappa shape index (κ1) is 33.3. The molecular formula is C30H47KO3S. The van der Waals surface area contributed by atoms with Crippen molar-refractivity contribution in [2.75, 3.05) is 0 Å². The molecule has 2 rings (SSSR count). The molecule has 192 valence electrons. The minimum absolute atomic E-state index is 0. The van der Waals surface area contributed by atoms with Gasteiger partial charge in [-0.2, -0.15) is 0 Å². The zero-order valence-electron chi connectivity index (χ0n) is 22.7. The van der Waals surface area contributed by atoms with Crippen molar-refractivity contribution >= 4 is 20.9 Å². The summed E-state index contributed by atoms with van der Waals surface area (Å²) in [4.78, 5) is 0.0173. The van der Waals surface area contributed by atoms with Crippen LogP contribution in [0.3, 0.4) is 0 Å².